The molecule has 2 unspecified atom stereocenters. The first-order chi connectivity index (χ1) is 8.58. The third-order valence-electron chi connectivity index (χ3n) is 3.73. The molecule has 0 saturated carbocycles. The number of hydrogen-bond acceptors (Lipinski definition) is 2. The minimum absolute atomic E-state index is 0.242. The summed E-state index contributed by atoms with van der Waals surface area (Å²) in [6.45, 7) is 14.0. The predicted octanol–water partition coefficient (Wildman–Crippen LogP) is 4.39. The molecule has 0 aromatic heterocycles. The van der Waals surface area contributed by atoms with Crippen LogP contribution in [0.1, 0.15) is 73.1 Å². The Kier molecular flexibility index (Phi) is 10.8. The van der Waals surface area contributed by atoms with E-state index in [0.29, 0.717) is 5.92 Å². The molecule has 0 aliphatic carbocycles. The van der Waals surface area contributed by atoms with Crippen molar-refractivity contribution in [2.45, 2.75) is 78.7 Å². The molecule has 0 aromatic rings. The van der Waals surface area contributed by atoms with E-state index in [2.05, 4.69) is 39.9 Å². The molecule has 1 aliphatic rings. The Morgan fingerprint density at radius 3 is 2.28 bits per heavy atom. The third kappa shape index (κ3) is 8.93. The zero-order chi connectivity index (χ0) is 13.9. The van der Waals surface area contributed by atoms with Crippen LogP contribution >= 0.6 is 0 Å². The summed E-state index contributed by atoms with van der Waals surface area (Å²) >= 11 is 0. The molecule has 110 valence electrons. The van der Waals surface area contributed by atoms with Crippen LogP contribution in [0.25, 0.3) is 0 Å². The van der Waals surface area contributed by atoms with Gasteiger partial charge >= 0.3 is 0 Å². The molecule has 0 spiro atoms. The Hall–Kier alpha value is -0.0800. The van der Waals surface area contributed by atoms with Crippen LogP contribution < -0.4 is 5.32 Å². The van der Waals surface area contributed by atoms with Gasteiger partial charge in [0.05, 0.1) is 6.61 Å². The lowest BCUT2D eigenvalue weighted by Crippen LogP contribution is -2.49. The molecule has 1 N–H and O–H groups in total. The van der Waals surface area contributed by atoms with E-state index in [0.717, 1.165) is 19.8 Å². The molecule has 18 heavy (non-hydrogen) atoms. The van der Waals surface area contributed by atoms with E-state index in [4.69, 9.17) is 4.74 Å². The molecule has 1 fully saturated rings. The second kappa shape index (κ2) is 10.8. The zero-order valence-corrected chi connectivity index (χ0v) is 13.3. The topological polar surface area (TPSA) is 21.3 Å². The van der Waals surface area contributed by atoms with Gasteiger partial charge in [0.1, 0.15) is 0 Å². The fourth-order valence-corrected chi connectivity index (χ4v) is 1.85. The van der Waals surface area contributed by atoms with Crippen LogP contribution in [0.15, 0.2) is 0 Å². The average Bonchev–Trinajstić information content (AvgIpc) is 2.39. The van der Waals surface area contributed by atoms with E-state index < -0.39 is 0 Å². The first kappa shape index (κ1) is 17.9. The Balaban J connectivity index is 0.000000631. The van der Waals surface area contributed by atoms with Crippen molar-refractivity contribution in [2.75, 3.05) is 19.8 Å². The van der Waals surface area contributed by atoms with Crippen LogP contribution in [-0.2, 0) is 4.74 Å². The van der Waals surface area contributed by atoms with Crippen molar-refractivity contribution in [3.05, 3.63) is 0 Å². The average molecular weight is 257 g/mol. The van der Waals surface area contributed by atoms with Gasteiger partial charge in [-0.2, -0.15) is 0 Å². The standard InChI is InChI=1S/C12H25NO.C4H10/c1-4-11(2)9-14-10-12(3)7-5-6-8-13-12;1-3-4-2/h11,13H,4-10H2,1-3H3;3-4H2,1-2H3. The maximum Gasteiger partial charge on any atom is 0.0645 e. The van der Waals surface area contributed by atoms with Crippen LogP contribution in [0.4, 0.5) is 0 Å². The number of unbranched alkanes of at least 4 members (excludes halogenated alkanes) is 1. The molecular weight excluding hydrogens is 222 g/mol. The zero-order valence-electron chi connectivity index (χ0n) is 13.3. The van der Waals surface area contributed by atoms with Crippen LogP contribution in [0.2, 0.25) is 0 Å². The highest BCUT2D eigenvalue weighted by molar-refractivity contribution is 4.86. The van der Waals surface area contributed by atoms with Gasteiger partial charge in [0.2, 0.25) is 0 Å². The molecule has 0 aromatic carbocycles. The molecule has 1 aliphatic heterocycles. The molecule has 2 nitrogen and oxygen atoms in total. The maximum atomic E-state index is 5.77. The fraction of sp³-hybridized carbons (Fsp3) is 1.00. The monoisotopic (exact) mass is 257 g/mol. The van der Waals surface area contributed by atoms with Crippen molar-refractivity contribution in [1.82, 2.24) is 5.32 Å². The quantitative estimate of drug-likeness (QED) is 0.762. The summed E-state index contributed by atoms with van der Waals surface area (Å²) in [6.07, 6.45) is 7.77. The van der Waals surface area contributed by atoms with E-state index in [1.54, 1.807) is 0 Å². The summed E-state index contributed by atoms with van der Waals surface area (Å²) < 4.78 is 5.77. The SMILES string of the molecule is CCC(C)COCC1(C)CCCCN1.CCCC. The Bertz CT molecular complexity index is 174. The Morgan fingerprint density at radius 2 is 1.83 bits per heavy atom. The summed E-state index contributed by atoms with van der Waals surface area (Å²) in [7, 11) is 0. The van der Waals surface area contributed by atoms with Gasteiger partial charge in [0.15, 0.2) is 0 Å². The Labute approximate surface area is 115 Å². The lowest BCUT2D eigenvalue weighted by Gasteiger charge is -2.35. The normalized spacial score (nSPS) is 25.2. The Morgan fingerprint density at radius 1 is 1.17 bits per heavy atom. The van der Waals surface area contributed by atoms with Crippen molar-refractivity contribution in [3.8, 4) is 0 Å². The van der Waals surface area contributed by atoms with Gasteiger partial charge in [0.25, 0.3) is 0 Å². The van der Waals surface area contributed by atoms with Crippen LogP contribution in [-0.4, -0.2) is 25.3 Å². The minimum Gasteiger partial charge on any atom is -0.379 e. The fourth-order valence-electron chi connectivity index (χ4n) is 1.85. The molecule has 0 amide bonds. The van der Waals surface area contributed by atoms with Crippen LogP contribution in [0, 0.1) is 5.92 Å². The highest BCUT2D eigenvalue weighted by atomic mass is 16.5. The van der Waals surface area contributed by atoms with Gasteiger partial charge in [0, 0.05) is 12.1 Å². The molecule has 0 bridgehead atoms. The molecular formula is C16H35NO. The highest BCUT2D eigenvalue weighted by Gasteiger charge is 2.26. The van der Waals surface area contributed by atoms with Gasteiger partial charge in [-0.05, 0) is 32.2 Å². The number of piperidine rings is 1. The van der Waals surface area contributed by atoms with Gasteiger partial charge in [-0.15, -0.1) is 0 Å². The van der Waals surface area contributed by atoms with E-state index in [1.807, 2.05) is 0 Å². The third-order valence-corrected chi connectivity index (χ3v) is 3.73. The molecule has 1 saturated heterocycles. The van der Waals surface area contributed by atoms with E-state index >= 15 is 0 Å². The first-order valence-corrected chi connectivity index (χ1v) is 7.90. The number of rotatable bonds is 6. The summed E-state index contributed by atoms with van der Waals surface area (Å²) in [5.41, 5.74) is 0.242. The number of nitrogens with one attached hydrogen (secondary N) is 1. The van der Waals surface area contributed by atoms with Crippen molar-refractivity contribution < 1.29 is 4.74 Å². The molecule has 0 radical (unpaired) electrons. The summed E-state index contributed by atoms with van der Waals surface area (Å²) in [5.74, 6) is 0.696. The molecule has 1 heterocycles. The van der Waals surface area contributed by atoms with Crippen LogP contribution in [0.3, 0.4) is 0 Å². The highest BCUT2D eigenvalue weighted by Crippen LogP contribution is 2.19. The van der Waals surface area contributed by atoms with Crippen LogP contribution in [0.5, 0.6) is 0 Å². The van der Waals surface area contributed by atoms with E-state index in [1.165, 1.54) is 38.5 Å². The van der Waals surface area contributed by atoms with Gasteiger partial charge in [-0.3, -0.25) is 0 Å². The van der Waals surface area contributed by atoms with Crippen molar-refractivity contribution in [2.24, 2.45) is 5.92 Å². The number of hydrogen-bond donors (Lipinski definition) is 1. The first-order valence-electron chi connectivity index (χ1n) is 7.90. The van der Waals surface area contributed by atoms with Crippen molar-refractivity contribution in [1.29, 1.82) is 0 Å². The summed E-state index contributed by atoms with van der Waals surface area (Å²) in [5, 5.41) is 3.56. The van der Waals surface area contributed by atoms with E-state index in [9.17, 15) is 0 Å². The minimum atomic E-state index is 0.242. The second-order valence-electron chi connectivity index (χ2n) is 5.97. The van der Waals surface area contributed by atoms with Crippen molar-refractivity contribution in [3.63, 3.8) is 0 Å². The molecule has 2 atom stereocenters. The van der Waals surface area contributed by atoms with Gasteiger partial charge in [-0.1, -0.05) is 53.4 Å². The lowest BCUT2D eigenvalue weighted by atomic mass is 9.92. The molecule has 1 rings (SSSR count). The molecule has 2 heteroatoms. The maximum absolute atomic E-state index is 5.77. The van der Waals surface area contributed by atoms with Gasteiger partial charge < -0.3 is 10.1 Å². The summed E-state index contributed by atoms with van der Waals surface area (Å²) in [6, 6.07) is 0. The summed E-state index contributed by atoms with van der Waals surface area (Å²) in [4.78, 5) is 0. The smallest absolute Gasteiger partial charge is 0.0645 e. The van der Waals surface area contributed by atoms with Crippen molar-refractivity contribution >= 4 is 0 Å². The van der Waals surface area contributed by atoms with E-state index in [-0.39, 0.29) is 5.54 Å². The second-order valence-corrected chi connectivity index (χ2v) is 5.97. The largest absolute Gasteiger partial charge is 0.379 e. The lowest BCUT2D eigenvalue weighted by molar-refractivity contribution is 0.0445. The number of ether oxygens (including phenoxy) is 1. The van der Waals surface area contributed by atoms with Gasteiger partial charge in [-0.25, -0.2) is 0 Å². The predicted molar refractivity (Wildman–Crippen MR) is 81.1 cm³/mol.